The second-order valence-corrected chi connectivity index (χ2v) is 4.95. The topological polar surface area (TPSA) is 55.6 Å². The van der Waals surface area contributed by atoms with E-state index in [9.17, 15) is 4.79 Å². The summed E-state index contributed by atoms with van der Waals surface area (Å²) in [5.41, 5.74) is 7.68. The van der Waals surface area contributed by atoms with Crippen LogP contribution in [-0.4, -0.2) is 30.0 Å². The number of hydrogen-bond donors (Lipinski definition) is 1. The number of para-hydroxylation sites is 1. The molecule has 1 atom stereocenters. The van der Waals surface area contributed by atoms with Crippen LogP contribution in [0.2, 0.25) is 0 Å². The molecule has 0 spiro atoms. The lowest BCUT2D eigenvalue weighted by Crippen LogP contribution is -2.46. The molecule has 1 aliphatic heterocycles. The van der Waals surface area contributed by atoms with E-state index in [0.717, 1.165) is 30.7 Å². The average Bonchev–Trinajstić information content (AvgIpc) is 2.44. The lowest BCUT2D eigenvalue weighted by Gasteiger charge is -2.35. The number of carbonyl (C=O) groups is 1. The SMILES string of the molecule is CCCN(C(=O)CC)[C@@H]1COc2c(N)cccc2C1. The van der Waals surface area contributed by atoms with Crippen molar-refractivity contribution in [1.82, 2.24) is 4.90 Å². The molecule has 0 bridgehead atoms. The predicted octanol–water partition coefficient (Wildman–Crippen LogP) is 2.22. The van der Waals surface area contributed by atoms with Crippen LogP contribution in [0, 0.1) is 0 Å². The molecule has 0 radical (unpaired) electrons. The fraction of sp³-hybridized carbons (Fsp3) is 0.533. The molecule has 0 aliphatic carbocycles. The molecule has 0 fully saturated rings. The van der Waals surface area contributed by atoms with E-state index in [1.165, 1.54) is 0 Å². The maximum Gasteiger partial charge on any atom is 0.222 e. The number of ether oxygens (including phenoxy) is 1. The first kappa shape index (κ1) is 13.7. The van der Waals surface area contributed by atoms with Crippen molar-refractivity contribution in [2.75, 3.05) is 18.9 Å². The fourth-order valence-electron chi connectivity index (χ4n) is 2.59. The van der Waals surface area contributed by atoms with E-state index < -0.39 is 0 Å². The highest BCUT2D eigenvalue weighted by Crippen LogP contribution is 2.32. The van der Waals surface area contributed by atoms with E-state index in [2.05, 4.69) is 6.92 Å². The van der Waals surface area contributed by atoms with E-state index in [1.807, 2.05) is 30.0 Å². The third kappa shape index (κ3) is 2.83. The maximum absolute atomic E-state index is 12.0. The summed E-state index contributed by atoms with van der Waals surface area (Å²) in [5, 5.41) is 0. The number of anilines is 1. The van der Waals surface area contributed by atoms with E-state index in [1.54, 1.807) is 0 Å². The smallest absolute Gasteiger partial charge is 0.222 e. The number of nitrogens with two attached hydrogens (primary N) is 1. The Morgan fingerprint density at radius 2 is 2.26 bits per heavy atom. The van der Waals surface area contributed by atoms with Crippen LogP contribution in [0.25, 0.3) is 0 Å². The van der Waals surface area contributed by atoms with Crippen molar-refractivity contribution in [1.29, 1.82) is 0 Å². The van der Waals surface area contributed by atoms with Crippen LogP contribution in [0.1, 0.15) is 32.3 Å². The standard InChI is InChI=1S/C15H22N2O2/c1-3-8-17(14(18)4-2)12-9-11-6-5-7-13(16)15(11)19-10-12/h5-7,12H,3-4,8-10,16H2,1-2H3/t12-/m0/s1. The third-order valence-corrected chi connectivity index (χ3v) is 3.53. The zero-order chi connectivity index (χ0) is 13.8. The maximum atomic E-state index is 12.0. The highest BCUT2D eigenvalue weighted by Gasteiger charge is 2.28. The van der Waals surface area contributed by atoms with E-state index in [0.29, 0.717) is 18.7 Å². The summed E-state index contributed by atoms with van der Waals surface area (Å²) in [6, 6.07) is 5.94. The largest absolute Gasteiger partial charge is 0.489 e. The summed E-state index contributed by atoms with van der Waals surface area (Å²) in [6.07, 6.45) is 2.33. The molecule has 2 rings (SSSR count). The molecule has 1 aromatic rings. The van der Waals surface area contributed by atoms with Crippen LogP contribution >= 0.6 is 0 Å². The second-order valence-electron chi connectivity index (χ2n) is 4.95. The zero-order valence-corrected chi connectivity index (χ0v) is 11.7. The minimum absolute atomic E-state index is 0.127. The molecule has 0 aromatic heterocycles. The average molecular weight is 262 g/mol. The molecular weight excluding hydrogens is 240 g/mol. The van der Waals surface area contributed by atoms with Crippen LogP contribution < -0.4 is 10.5 Å². The number of nitrogen functional groups attached to an aromatic ring is 1. The lowest BCUT2D eigenvalue weighted by atomic mass is 10.00. The van der Waals surface area contributed by atoms with Gasteiger partial charge in [0.2, 0.25) is 5.91 Å². The van der Waals surface area contributed by atoms with Crippen molar-refractivity contribution in [2.45, 2.75) is 39.2 Å². The molecule has 104 valence electrons. The van der Waals surface area contributed by atoms with Gasteiger partial charge in [0.1, 0.15) is 12.4 Å². The molecule has 4 heteroatoms. The van der Waals surface area contributed by atoms with Crippen molar-refractivity contribution in [3.8, 4) is 5.75 Å². The van der Waals surface area contributed by atoms with E-state index >= 15 is 0 Å². The fourth-order valence-corrected chi connectivity index (χ4v) is 2.59. The minimum Gasteiger partial charge on any atom is -0.489 e. The molecule has 19 heavy (non-hydrogen) atoms. The summed E-state index contributed by atoms with van der Waals surface area (Å²) in [4.78, 5) is 14.0. The quantitative estimate of drug-likeness (QED) is 0.846. The van der Waals surface area contributed by atoms with Crippen LogP contribution in [-0.2, 0) is 11.2 Å². The number of benzene rings is 1. The Labute approximate surface area is 114 Å². The third-order valence-electron chi connectivity index (χ3n) is 3.53. The van der Waals surface area contributed by atoms with Gasteiger partial charge in [-0.3, -0.25) is 4.79 Å². The molecule has 0 saturated heterocycles. The van der Waals surface area contributed by atoms with Gasteiger partial charge in [0.15, 0.2) is 0 Å². The van der Waals surface area contributed by atoms with Gasteiger partial charge >= 0.3 is 0 Å². The van der Waals surface area contributed by atoms with Crippen molar-refractivity contribution in [2.24, 2.45) is 0 Å². The summed E-state index contributed by atoms with van der Waals surface area (Å²) >= 11 is 0. The van der Waals surface area contributed by atoms with Crippen molar-refractivity contribution >= 4 is 11.6 Å². The molecule has 1 aliphatic rings. The Morgan fingerprint density at radius 1 is 1.47 bits per heavy atom. The molecule has 1 heterocycles. The van der Waals surface area contributed by atoms with Crippen molar-refractivity contribution in [3.05, 3.63) is 23.8 Å². The van der Waals surface area contributed by atoms with Crippen molar-refractivity contribution < 1.29 is 9.53 Å². The van der Waals surface area contributed by atoms with Crippen molar-refractivity contribution in [3.63, 3.8) is 0 Å². The van der Waals surface area contributed by atoms with Gasteiger partial charge in [0, 0.05) is 13.0 Å². The Hall–Kier alpha value is -1.71. The Balaban J connectivity index is 2.17. The molecule has 1 amide bonds. The number of rotatable bonds is 4. The van der Waals surface area contributed by atoms with Gasteiger partial charge in [-0.2, -0.15) is 0 Å². The summed E-state index contributed by atoms with van der Waals surface area (Å²) in [5.74, 6) is 0.988. The molecule has 0 saturated carbocycles. The van der Waals surface area contributed by atoms with Crippen LogP contribution in [0.15, 0.2) is 18.2 Å². The Bertz CT molecular complexity index is 459. The van der Waals surface area contributed by atoms with Gasteiger partial charge in [-0.25, -0.2) is 0 Å². The highest BCUT2D eigenvalue weighted by atomic mass is 16.5. The zero-order valence-electron chi connectivity index (χ0n) is 11.7. The highest BCUT2D eigenvalue weighted by molar-refractivity contribution is 5.76. The molecule has 1 aromatic carbocycles. The predicted molar refractivity (Wildman–Crippen MR) is 76.1 cm³/mol. The first-order valence-corrected chi connectivity index (χ1v) is 6.97. The van der Waals surface area contributed by atoms with Gasteiger partial charge < -0.3 is 15.4 Å². The number of carbonyl (C=O) groups excluding carboxylic acids is 1. The summed E-state index contributed by atoms with van der Waals surface area (Å²) in [7, 11) is 0. The minimum atomic E-state index is 0.127. The lowest BCUT2D eigenvalue weighted by molar-refractivity contribution is -0.134. The summed E-state index contributed by atoms with van der Waals surface area (Å²) in [6.45, 7) is 5.32. The molecule has 2 N–H and O–H groups in total. The first-order chi connectivity index (χ1) is 9.17. The number of hydrogen-bond acceptors (Lipinski definition) is 3. The van der Waals surface area contributed by atoms with E-state index in [4.69, 9.17) is 10.5 Å². The van der Waals surface area contributed by atoms with Gasteiger partial charge in [0.05, 0.1) is 11.7 Å². The van der Waals surface area contributed by atoms with Crippen LogP contribution in [0.3, 0.4) is 0 Å². The van der Waals surface area contributed by atoms with Gasteiger partial charge in [-0.15, -0.1) is 0 Å². The normalized spacial score (nSPS) is 17.5. The number of nitrogens with zero attached hydrogens (tertiary/aromatic N) is 1. The number of amides is 1. The monoisotopic (exact) mass is 262 g/mol. The van der Waals surface area contributed by atoms with Gasteiger partial charge in [-0.1, -0.05) is 26.0 Å². The summed E-state index contributed by atoms with van der Waals surface area (Å²) < 4.78 is 5.77. The van der Waals surface area contributed by atoms with Crippen LogP contribution in [0.4, 0.5) is 5.69 Å². The molecular formula is C15H22N2O2. The van der Waals surface area contributed by atoms with E-state index in [-0.39, 0.29) is 11.9 Å². The Kier molecular flexibility index (Phi) is 4.30. The van der Waals surface area contributed by atoms with Gasteiger partial charge in [0.25, 0.3) is 0 Å². The molecule has 0 unspecified atom stereocenters. The number of fused-ring (bicyclic) bond motifs is 1. The molecule has 4 nitrogen and oxygen atoms in total. The first-order valence-electron chi connectivity index (χ1n) is 6.97. The van der Waals surface area contributed by atoms with Gasteiger partial charge in [-0.05, 0) is 24.5 Å². The van der Waals surface area contributed by atoms with Crippen LogP contribution in [0.5, 0.6) is 5.75 Å². The Morgan fingerprint density at radius 3 is 2.95 bits per heavy atom. The second kappa shape index (κ2) is 5.95.